The van der Waals surface area contributed by atoms with Crippen LogP contribution >= 0.6 is 11.6 Å². The molecular formula is C26H48ClGeN3OSi4. The van der Waals surface area contributed by atoms with E-state index in [9.17, 15) is 0 Å². The van der Waals surface area contributed by atoms with Crippen molar-refractivity contribution in [2.75, 3.05) is 0 Å². The molecule has 0 unspecified atom stereocenters. The van der Waals surface area contributed by atoms with Crippen LogP contribution in [0.4, 0.5) is 0 Å². The van der Waals surface area contributed by atoms with Crippen molar-refractivity contribution in [1.82, 2.24) is 11.4 Å². The first kappa shape index (κ1) is 30.5. The van der Waals surface area contributed by atoms with Crippen molar-refractivity contribution in [3.8, 4) is 0 Å². The molecule has 4 nitrogen and oxygen atoms in total. The van der Waals surface area contributed by atoms with Gasteiger partial charge in [0, 0.05) is 0 Å². The molecule has 1 saturated heterocycles. The molecule has 1 aliphatic heterocycles. The zero-order valence-corrected chi connectivity index (χ0v) is 31.5. The zero-order chi connectivity index (χ0) is 27.3. The molecule has 3 rings (SSSR count). The van der Waals surface area contributed by atoms with Crippen LogP contribution in [0.25, 0.3) is 0 Å². The van der Waals surface area contributed by atoms with E-state index in [1.807, 2.05) is 18.3 Å². The number of hydrogen-bond acceptors (Lipinski definition) is 4. The van der Waals surface area contributed by atoms with Gasteiger partial charge in [0.1, 0.15) is 0 Å². The molecule has 1 aromatic carbocycles. The van der Waals surface area contributed by atoms with Gasteiger partial charge in [0.25, 0.3) is 0 Å². The molecule has 1 aliphatic rings. The van der Waals surface area contributed by atoms with Gasteiger partial charge in [-0.15, -0.1) is 0 Å². The van der Waals surface area contributed by atoms with Crippen molar-refractivity contribution in [3.63, 3.8) is 0 Å². The normalized spacial score (nSPS) is 21.4. The zero-order valence-electron chi connectivity index (χ0n) is 24.6. The summed E-state index contributed by atoms with van der Waals surface area (Å²) in [7, 11) is -6.97. The fourth-order valence-electron chi connectivity index (χ4n) is 7.06. The Balaban J connectivity index is 2.39. The monoisotopic (exact) mass is 639 g/mol. The van der Waals surface area contributed by atoms with Crippen LogP contribution in [0.15, 0.2) is 48.7 Å². The van der Waals surface area contributed by atoms with Crippen LogP contribution in [-0.2, 0) is 3.76 Å². The van der Waals surface area contributed by atoms with E-state index >= 15 is 0 Å². The third kappa shape index (κ3) is 6.39. The van der Waals surface area contributed by atoms with Gasteiger partial charge in [-0.2, -0.15) is 0 Å². The molecule has 0 saturated carbocycles. The van der Waals surface area contributed by atoms with Crippen LogP contribution in [0.2, 0.25) is 88.8 Å². The second-order valence-electron chi connectivity index (χ2n) is 14.3. The van der Waals surface area contributed by atoms with Gasteiger partial charge in [0.2, 0.25) is 0 Å². The summed E-state index contributed by atoms with van der Waals surface area (Å²) in [4.78, 5) is 4.92. The van der Waals surface area contributed by atoms with E-state index in [0.29, 0.717) is 0 Å². The predicted molar refractivity (Wildman–Crippen MR) is 170 cm³/mol. The SMILES string of the molecule is C[Si](C)(C)[N]([Si](C)(C)C)[Ge]1([N]([Si](C)(C)C)[Si](C)(C)C)[CH2][C@@H](c2ccccn2)[C@@H](c2cccc(Cl)c2)[O]1. The van der Waals surface area contributed by atoms with Crippen molar-refractivity contribution in [3.05, 3.63) is 64.9 Å². The molecule has 0 spiro atoms. The Morgan fingerprint density at radius 1 is 0.778 bits per heavy atom. The molecule has 200 valence electrons. The molecule has 0 radical (unpaired) electrons. The quantitative estimate of drug-likeness (QED) is 0.271. The molecule has 1 fully saturated rings. The number of hydrogen-bond donors (Lipinski definition) is 0. The molecule has 2 atom stereocenters. The summed E-state index contributed by atoms with van der Waals surface area (Å²) in [6.07, 6.45) is 1.92. The first-order chi connectivity index (χ1) is 16.3. The van der Waals surface area contributed by atoms with E-state index in [1.54, 1.807) is 0 Å². The Morgan fingerprint density at radius 2 is 1.31 bits per heavy atom. The first-order valence-corrected chi connectivity index (χ1v) is 31.6. The predicted octanol–water partition coefficient (Wildman–Crippen LogP) is 8.47. The van der Waals surface area contributed by atoms with Crippen LogP contribution < -0.4 is 0 Å². The molecule has 36 heavy (non-hydrogen) atoms. The molecular weight excluding hydrogens is 591 g/mol. The summed E-state index contributed by atoms with van der Waals surface area (Å²) in [5, 5.41) is 1.89. The fourth-order valence-corrected chi connectivity index (χ4v) is 66.5. The summed E-state index contributed by atoms with van der Waals surface area (Å²) in [6, 6.07) is 14.8. The van der Waals surface area contributed by atoms with Crippen molar-refractivity contribution in [2.45, 2.75) is 95.8 Å². The van der Waals surface area contributed by atoms with E-state index in [0.717, 1.165) is 16.0 Å². The maximum atomic E-state index is 7.87. The van der Waals surface area contributed by atoms with Crippen molar-refractivity contribution >= 4 is 58.6 Å². The van der Waals surface area contributed by atoms with Crippen LogP contribution in [-0.4, -0.2) is 58.3 Å². The number of benzene rings is 1. The second-order valence-corrected chi connectivity index (χ2v) is 44.8. The van der Waals surface area contributed by atoms with Gasteiger partial charge in [-0.1, -0.05) is 0 Å². The summed E-state index contributed by atoms with van der Waals surface area (Å²) < 4.78 is 14.1. The number of nitrogens with zero attached hydrogens (tertiary/aromatic N) is 3. The summed E-state index contributed by atoms with van der Waals surface area (Å²) in [6.45, 7) is 30.6. The molecule has 0 N–H and O–H groups in total. The number of aromatic nitrogens is 1. The van der Waals surface area contributed by atoms with E-state index < -0.39 is 47.0 Å². The minimum atomic E-state index is -3.36. The molecule has 0 amide bonds. The van der Waals surface area contributed by atoms with Crippen molar-refractivity contribution in [2.24, 2.45) is 0 Å². The fraction of sp³-hybridized carbons (Fsp3) is 0.577. The molecule has 0 bridgehead atoms. The minimum absolute atomic E-state index is 0.0241. The van der Waals surface area contributed by atoms with Gasteiger partial charge in [0.15, 0.2) is 0 Å². The molecule has 0 aliphatic carbocycles. The number of halogens is 1. The Bertz CT molecular complexity index is 988. The third-order valence-electron chi connectivity index (χ3n) is 6.79. The van der Waals surface area contributed by atoms with Crippen molar-refractivity contribution in [1.29, 1.82) is 0 Å². The first-order valence-electron chi connectivity index (χ1n) is 13.2. The summed E-state index contributed by atoms with van der Waals surface area (Å²) in [5.74, 6) is 0.232. The van der Waals surface area contributed by atoms with Crippen LogP contribution in [0.3, 0.4) is 0 Å². The Hall–Kier alpha value is -0.0496. The van der Waals surface area contributed by atoms with Gasteiger partial charge in [0.05, 0.1) is 0 Å². The Labute approximate surface area is 233 Å². The third-order valence-corrected chi connectivity index (χ3v) is 50.9. The summed E-state index contributed by atoms with van der Waals surface area (Å²) >= 11 is 3.19. The molecule has 2 heterocycles. The Morgan fingerprint density at radius 3 is 1.72 bits per heavy atom. The number of pyridine rings is 1. The standard InChI is InChI=1S/C26H48ClGeN3OSi4/c1-33(2,3)30(34(4,5)6)28(31(35(7,8)9)36(10,11)12)21-24(25-18-13-14-19-29-25)26(32-28)22-16-15-17-23(27)20-22/h13-20,24,26H,21H2,1-12H3/t24-,26+/m0/s1. The van der Waals surface area contributed by atoms with Crippen molar-refractivity contribution < 1.29 is 3.76 Å². The number of rotatable bonds is 8. The molecule has 2 aromatic rings. The van der Waals surface area contributed by atoms with Gasteiger partial charge < -0.3 is 0 Å². The van der Waals surface area contributed by atoms with Crippen LogP contribution in [0.5, 0.6) is 0 Å². The van der Waals surface area contributed by atoms with Gasteiger partial charge in [-0.3, -0.25) is 0 Å². The molecule has 10 heteroatoms. The average Bonchev–Trinajstić information content (AvgIpc) is 3.03. The van der Waals surface area contributed by atoms with Crippen LogP contribution in [0.1, 0.15) is 23.3 Å². The van der Waals surface area contributed by atoms with E-state index in [-0.39, 0.29) is 12.0 Å². The van der Waals surface area contributed by atoms with Gasteiger partial charge in [-0.05, 0) is 0 Å². The van der Waals surface area contributed by atoms with E-state index in [2.05, 4.69) is 115 Å². The van der Waals surface area contributed by atoms with E-state index in [1.165, 1.54) is 5.56 Å². The van der Waals surface area contributed by atoms with Crippen LogP contribution in [0, 0.1) is 0 Å². The second kappa shape index (κ2) is 10.5. The van der Waals surface area contributed by atoms with Gasteiger partial charge >= 0.3 is 234 Å². The van der Waals surface area contributed by atoms with E-state index in [4.69, 9.17) is 20.3 Å². The maximum absolute atomic E-state index is 7.87. The van der Waals surface area contributed by atoms with Gasteiger partial charge in [-0.25, -0.2) is 0 Å². The average molecular weight is 639 g/mol. The topological polar surface area (TPSA) is 28.6 Å². The Kier molecular flexibility index (Phi) is 8.89. The summed E-state index contributed by atoms with van der Waals surface area (Å²) in [5.41, 5.74) is 2.36. The molecule has 1 aromatic heterocycles.